The predicted octanol–water partition coefficient (Wildman–Crippen LogP) is 4.46. The molecular weight excluding hydrogens is 401 g/mol. The van der Waals surface area contributed by atoms with Crippen LogP contribution < -0.4 is 16.4 Å². The molecule has 0 saturated heterocycles. The Bertz CT molecular complexity index is 817. The minimum Gasteiger partial charge on any atom is -0.393 e. The largest absolute Gasteiger partial charge is 0.393 e. The number of nitrogen functional groups attached to an aromatic ring is 1. The van der Waals surface area contributed by atoms with Gasteiger partial charge in [-0.05, 0) is 71.5 Å². The molecule has 23 heavy (non-hydrogen) atoms. The number of anilines is 5. The summed E-state index contributed by atoms with van der Waals surface area (Å²) in [5.41, 5.74) is 9.71. The lowest BCUT2D eigenvalue weighted by atomic mass is 10.2. The number of benzene rings is 2. The van der Waals surface area contributed by atoms with Crippen molar-refractivity contribution in [3.63, 3.8) is 0 Å². The third-order valence-corrected chi connectivity index (χ3v) is 3.99. The Kier molecular flexibility index (Phi) is 4.61. The van der Waals surface area contributed by atoms with Gasteiger partial charge in [0.15, 0.2) is 11.6 Å². The summed E-state index contributed by atoms with van der Waals surface area (Å²) < 4.78 is 1.17. The van der Waals surface area contributed by atoms with Gasteiger partial charge in [-0.15, -0.1) is 0 Å². The lowest BCUT2D eigenvalue weighted by molar-refractivity contribution is 1.17. The van der Waals surface area contributed by atoms with Crippen LogP contribution >= 0.6 is 22.6 Å². The molecule has 0 aliphatic carbocycles. The number of rotatable bonds is 4. The standard InChI is InChI=1S/C17H16IN5/c1-11-3-2-4-14(9-11)23-17-15(19)16(20-10-21-17)22-13-7-5-12(18)6-8-13/h2-10H,19H2,1H3,(H2,20,21,22,23). The molecule has 2 aromatic carbocycles. The number of aromatic nitrogens is 2. The van der Waals surface area contributed by atoms with Crippen molar-refractivity contribution >= 4 is 51.3 Å². The van der Waals surface area contributed by atoms with E-state index in [4.69, 9.17) is 5.73 Å². The Balaban J connectivity index is 1.84. The molecule has 0 saturated carbocycles. The van der Waals surface area contributed by atoms with Crippen LogP contribution in [0.5, 0.6) is 0 Å². The second-order valence-corrected chi connectivity index (χ2v) is 6.36. The molecule has 0 atom stereocenters. The molecule has 1 aromatic heterocycles. The molecule has 0 fully saturated rings. The third kappa shape index (κ3) is 3.89. The lowest BCUT2D eigenvalue weighted by Crippen LogP contribution is -2.05. The Labute approximate surface area is 148 Å². The molecule has 6 heteroatoms. The number of nitrogens with zero attached hydrogens (tertiary/aromatic N) is 2. The SMILES string of the molecule is Cc1cccc(Nc2ncnc(Nc3ccc(I)cc3)c2N)c1. The van der Waals surface area contributed by atoms with Gasteiger partial charge in [-0.1, -0.05) is 12.1 Å². The number of hydrogen-bond acceptors (Lipinski definition) is 5. The van der Waals surface area contributed by atoms with E-state index >= 15 is 0 Å². The highest BCUT2D eigenvalue weighted by atomic mass is 127. The number of nitrogens with two attached hydrogens (primary N) is 1. The van der Waals surface area contributed by atoms with Gasteiger partial charge in [0.05, 0.1) is 0 Å². The van der Waals surface area contributed by atoms with E-state index in [1.54, 1.807) is 0 Å². The molecule has 1 heterocycles. The van der Waals surface area contributed by atoms with E-state index in [-0.39, 0.29) is 0 Å². The average Bonchev–Trinajstić information content (AvgIpc) is 2.53. The van der Waals surface area contributed by atoms with Gasteiger partial charge in [-0.2, -0.15) is 0 Å². The van der Waals surface area contributed by atoms with Crippen LogP contribution in [0.15, 0.2) is 54.9 Å². The van der Waals surface area contributed by atoms with Crippen molar-refractivity contribution in [2.24, 2.45) is 0 Å². The number of halogens is 1. The first-order valence-corrected chi connectivity index (χ1v) is 8.16. The third-order valence-electron chi connectivity index (χ3n) is 3.27. The summed E-state index contributed by atoms with van der Waals surface area (Å²) in [6.45, 7) is 2.04. The minimum atomic E-state index is 0.479. The molecule has 116 valence electrons. The fraction of sp³-hybridized carbons (Fsp3) is 0.0588. The first-order valence-electron chi connectivity index (χ1n) is 7.08. The summed E-state index contributed by atoms with van der Waals surface area (Å²) >= 11 is 2.27. The Morgan fingerprint density at radius 2 is 1.57 bits per heavy atom. The highest BCUT2D eigenvalue weighted by Gasteiger charge is 2.09. The van der Waals surface area contributed by atoms with Gasteiger partial charge in [-0.25, -0.2) is 9.97 Å². The number of nitrogens with one attached hydrogen (secondary N) is 2. The van der Waals surface area contributed by atoms with E-state index in [0.717, 1.165) is 11.4 Å². The molecule has 5 nitrogen and oxygen atoms in total. The zero-order valence-corrected chi connectivity index (χ0v) is 14.7. The van der Waals surface area contributed by atoms with Crippen LogP contribution in [0.2, 0.25) is 0 Å². The molecule has 0 amide bonds. The molecule has 3 rings (SSSR count). The Hall–Kier alpha value is -2.35. The van der Waals surface area contributed by atoms with Crippen LogP contribution in [0.3, 0.4) is 0 Å². The van der Waals surface area contributed by atoms with Crippen LogP contribution in [-0.4, -0.2) is 9.97 Å². The highest BCUT2D eigenvalue weighted by Crippen LogP contribution is 2.28. The summed E-state index contributed by atoms with van der Waals surface area (Å²) in [4.78, 5) is 8.46. The second-order valence-electron chi connectivity index (χ2n) is 5.11. The Morgan fingerprint density at radius 1 is 0.913 bits per heavy atom. The van der Waals surface area contributed by atoms with Gasteiger partial charge in [0, 0.05) is 14.9 Å². The van der Waals surface area contributed by atoms with Crippen molar-refractivity contribution < 1.29 is 0 Å². The maximum atomic E-state index is 6.20. The Morgan fingerprint density at radius 3 is 2.22 bits per heavy atom. The van der Waals surface area contributed by atoms with Crippen LogP contribution in [0.1, 0.15) is 5.56 Å². The fourth-order valence-corrected chi connectivity index (χ4v) is 2.48. The summed E-state index contributed by atoms with van der Waals surface area (Å²) in [5, 5.41) is 6.45. The molecular formula is C17H16IN5. The fourth-order valence-electron chi connectivity index (χ4n) is 2.12. The smallest absolute Gasteiger partial charge is 0.159 e. The molecule has 0 aliphatic heterocycles. The van der Waals surface area contributed by atoms with E-state index in [0.29, 0.717) is 17.3 Å². The average molecular weight is 417 g/mol. The monoisotopic (exact) mass is 417 g/mol. The van der Waals surface area contributed by atoms with Crippen molar-refractivity contribution in [3.8, 4) is 0 Å². The summed E-state index contributed by atoms with van der Waals surface area (Å²) in [6, 6.07) is 16.0. The van der Waals surface area contributed by atoms with Crippen LogP contribution in [0, 0.1) is 10.5 Å². The van der Waals surface area contributed by atoms with E-state index in [1.807, 2.05) is 55.5 Å². The normalized spacial score (nSPS) is 10.3. The van der Waals surface area contributed by atoms with Crippen LogP contribution in [-0.2, 0) is 0 Å². The van der Waals surface area contributed by atoms with E-state index in [2.05, 4.69) is 43.2 Å². The minimum absolute atomic E-state index is 0.479. The second kappa shape index (κ2) is 6.82. The molecule has 0 spiro atoms. The number of aryl methyl sites for hydroxylation is 1. The van der Waals surface area contributed by atoms with Crippen molar-refractivity contribution in [3.05, 3.63) is 64.0 Å². The molecule has 4 N–H and O–H groups in total. The summed E-state index contributed by atoms with van der Waals surface area (Å²) in [7, 11) is 0. The number of hydrogen-bond donors (Lipinski definition) is 3. The van der Waals surface area contributed by atoms with Gasteiger partial charge < -0.3 is 16.4 Å². The molecule has 0 bridgehead atoms. The highest BCUT2D eigenvalue weighted by molar-refractivity contribution is 14.1. The van der Waals surface area contributed by atoms with Crippen molar-refractivity contribution in [1.29, 1.82) is 0 Å². The molecule has 0 aliphatic rings. The topological polar surface area (TPSA) is 75.9 Å². The predicted molar refractivity (Wildman–Crippen MR) is 103 cm³/mol. The summed E-state index contributed by atoms with van der Waals surface area (Å²) in [6.07, 6.45) is 1.49. The van der Waals surface area contributed by atoms with E-state index < -0.39 is 0 Å². The molecule has 0 unspecified atom stereocenters. The molecule has 3 aromatic rings. The van der Waals surface area contributed by atoms with Gasteiger partial charge in [0.2, 0.25) is 0 Å². The van der Waals surface area contributed by atoms with Crippen molar-refractivity contribution in [1.82, 2.24) is 9.97 Å². The summed E-state index contributed by atoms with van der Waals surface area (Å²) in [5.74, 6) is 1.16. The van der Waals surface area contributed by atoms with Gasteiger partial charge in [0.25, 0.3) is 0 Å². The first-order chi connectivity index (χ1) is 11.1. The van der Waals surface area contributed by atoms with Gasteiger partial charge in [0.1, 0.15) is 12.0 Å². The van der Waals surface area contributed by atoms with Gasteiger partial charge in [-0.3, -0.25) is 0 Å². The van der Waals surface area contributed by atoms with Gasteiger partial charge >= 0.3 is 0 Å². The van der Waals surface area contributed by atoms with Crippen molar-refractivity contribution in [2.45, 2.75) is 6.92 Å². The van der Waals surface area contributed by atoms with Crippen molar-refractivity contribution in [2.75, 3.05) is 16.4 Å². The maximum Gasteiger partial charge on any atom is 0.159 e. The maximum absolute atomic E-state index is 6.20. The first kappa shape index (κ1) is 15.5. The lowest BCUT2D eigenvalue weighted by Gasteiger charge is -2.13. The quantitative estimate of drug-likeness (QED) is 0.547. The zero-order valence-electron chi connectivity index (χ0n) is 12.5. The van der Waals surface area contributed by atoms with E-state index in [1.165, 1.54) is 15.5 Å². The zero-order chi connectivity index (χ0) is 16.2. The van der Waals surface area contributed by atoms with Crippen LogP contribution in [0.4, 0.5) is 28.7 Å². The van der Waals surface area contributed by atoms with E-state index in [9.17, 15) is 0 Å². The van der Waals surface area contributed by atoms with Crippen LogP contribution in [0.25, 0.3) is 0 Å². The molecule has 0 radical (unpaired) electrons.